The summed E-state index contributed by atoms with van der Waals surface area (Å²) in [6.45, 7) is 0. The van der Waals surface area contributed by atoms with Crippen LogP contribution in [-0.4, -0.2) is 23.8 Å². The molecule has 0 N–H and O–H groups in total. The fourth-order valence-corrected chi connectivity index (χ4v) is 2.03. The van der Waals surface area contributed by atoms with Crippen molar-refractivity contribution in [3.63, 3.8) is 0 Å². The van der Waals surface area contributed by atoms with Gasteiger partial charge in [0.05, 0.1) is 13.5 Å². The molecule has 0 saturated carbocycles. The second-order valence-electron chi connectivity index (χ2n) is 3.02. The first-order chi connectivity index (χ1) is 7.95. The van der Waals surface area contributed by atoms with Gasteiger partial charge in [0.2, 0.25) is 0 Å². The van der Waals surface area contributed by atoms with Gasteiger partial charge in [0.15, 0.2) is 5.69 Å². The van der Waals surface area contributed by atoms with Gasteiger partial charge in [-0.25, -0.2) is 0 Å². The Morgan fingerprint density at radius 3 is 2.82 bits per heavy atom. The molecule has 1 aromatic heterocycles. The van der Waals surface area contributed by atoms with Gasteiger partial charge in [-0.3, -0.25) is 9.78 Å². The second kappa shape index (κ2) is 5.90. The van der Waals surface area contributed by atoms with Gasteiger partial charge >= 0.3 is 12.1 Å². The van der Waals surface area contributed by atoms with Crippen molar-refractivity contribution in [2.75, 3.05) is 12.9 Å². The maximum Gasteiger partial charge on any atom is 0.434 e. The average Bonchev–Trinajstić information content (AvgIpc) is 2.28. The van der Waals surface area contributed by atoms with E-state index in [2.05, 4.69) is 9.72 Å². The zero-order valence-electron chi connectivity index (χ0n) is 8.95. The van der Waals surface area contributed by atoms with Gasteiger partial charge in [-0.05, 0) is 12.1 Å². The van der Waals surface area contributed by atoms with Crippen molar-refractivity contribution in [2.24, 2.45) is 0 Å². The van der Waals surface area contributed by atoms with Crippen molar-refractivity contribution in [1.29, 1.82) is 0 Å². The molecule has 0 saturated heterocycles. The number of carbonyl (C=O) groups is 1. The smallest absolute Gasteiger partial charge is 0.434 e. The molecule has 17 heavy (non-hydrogen) atoms. The average molecular weight is 265 g/mol. The molecular formula is C10H10F3NO2S. The lowest BCUT2D eigenvalue weighted by atomic mass is 10.3. The maximum absolute atomic E-state index is 12.5. The number of alkyl halides is 3. The number of methoxy groups -OCH3 is 1. The van der Waals surface area contributed by atoms with E-state index in [0.717, 1.165) is 18.0 Å². The Balaban J connectivity index is 2.68. The highest BCUT2D eigenvalue weighted by Crippen LogP contribution is 2.34. The summed E-state index contributed by atoms with van der Waals surface area (Å²) >= 11 is 0.934. The molecular weight excluding hydrogens is 255 g/mol. The Morgan fingerprint density at radius 2 is 2.24 bits per heavy atom. The van der Waals surface area contributed by atoms with Crippen molar-refractivity contribution in [3.05, 3.63) is 24.0 Å². The number of hydrogen-bond acceptors (Lipinski definition) is 4. The first-order valence-electron chi connectivity index (χ1n) is 4.67. The summed E-state index contributed by atoms with van der Waals surface area (Å²) in [5, 5.41) is 0. The van der Waals surface area contributed by atoms with Crippen LogP contribution in [0.25, 0.3) is 0 Å². The highest BCUT2D eigenvalue weighted by Gasteiger charge is 2.35. The lowest BCUT2D eigenvalue weighted by Gasteiger charge is -2.10. The molecule has 7 heteroatoms. The lowest BCUT2D eigenvalue weighted by Crippen LogP contribution is -2.09. The number of carbonyl (C=O) groups excluding carboxylic acids is 1. The van der Waals surface area contributed by atoms with Crippen LogP contribution in [0.1, 0.15) is 12.1 Å². The molecule has 0 radical (unpaired) electrons. The number of thioether (sulfide) groups is 1. The lowest BCUT2D eigenvalue weighted by molar-refractivity contribution is -0.143. The van der Waals surface area contributed by atoms with Crippen molar-refractivity contribution < 1.29 is 22.7 Å². The number of esters is 1. The van der Waals surface area contributed by atoms with Crippen molar-refractivity contribution in [3.8, 4) is 0 Å². The topological polar surface area (TPSA) is 39.2 Å². The summed E-state index contributed by atoms with van der Waals surface area (Å²) in [4.78, 5) is 14.1. The van der Waals surface area contributed by atoms with E-state index in [9.17, 15) is 18.0 Å². The Hall–Kier alpha value is -1.24. The molecule has 3 nitrogen and oxygen atoms in total. The van der Waals surface area contributed by atoms with Gasteiger partial charge in [0.25, 0.3) is 0 Å². The SMILES string of the molecule is COC(=O)CCSc1cccnc1C(F)(F)F. The fraction of sp³-hybridized carbons (Fsp3) is 0.400. The molecule has 0 aromatic carbocycles. The standard InChI is InChI=1S/C10H10F3NO2S/c1-16-8(15)4-6-17-7-3-2-5-14-9(7)10(11,12)13/h2-3,5H,4,6H2,1H3. The first-order valence-corrected chi connectivity index (χ1v) is 5.65. The quantitative estimate of drug-likeness (QED) is 0.620. The molecule has 1 aromatic rings. The van der Waals surface area contributed by atoms with Gasteiger partial charge < -0.3 is 4.74 Å². The zero-order chi connectivity index (χ0) is 12.9. The van der Waals surface area contributed by atoms with E-state index in [1.807, 2.05) is 0 Å². The highest BCUT2D eigenvalue weighted by atomic mass is 32.2. The normalized spacial score (nSPS) is 11.3. The molecule has 0 aliphatic carbocycles. The third kappa shape index (κ3) is 4.26. The molecule has 0 unspecified atom stereocenters. The highest BCUT2D eigenvalue weighted by molar-refractivity contribution is 7.99. The van der Waals surface area contributed by atoms with Gasteiger partial charge in [-0.15, -0.1) is 11.8 Å². The summed E-state index contributed by atoms with van der Waals surface area (Å²) in [7, 11) is 1.23. The predicted molar refractivity (Wildman–Crippen MR) is 56.6 cm³/mol. The summed E-state index contributed by atoms with van der Waals surface area (Å²) in [6, 6.07) is 2.76. The van der Waals surface area contributed by atoms with Crippen LogP contribution in [0.5, 0.6) is 0 Å². The number of rotatable bonds is 4. The minimum absolute atomic E-state index is 0.0175. The molecule has 0 fully saturated rings. The largest absolute Gasteiger partial charge is 0.469 e. The van der Waals surface area contributed by atoms with Crippen LogP contribution in [-0.2, 0) is 15.7 Å². The predicted octanol–water partition coefficient (Wildman–Crippen LogP) is 2.76. The molecule has 0 bridgehead atoms. The van der Waals surface area contributed by atoms with E-state index >= 15 is 0 Å². The summed E-state index contributed by atoms with van der Waals surface area (Å²) in [5.74, 6) is -0.225. The third-order valence-electron chi connectivity index (χ3n) is 1.83. The van der Waals surface area contributed by atoms with Crippen LogP contribution in [0.2, 0.25) is 0 Å². The summed E-state index contributed by atoms with van der Waals surface area (Å²) in [5.41, 5.74) is -0.921. The second-order valence-corrected chi connectivity index (χ2v) is 4.16. The minimum Gasteiger partial charge on any atom is -0.469 e. The van der Waals surface area contributed by atoms with Crippen molar-refractivity contribution in [2.45, 2.75) is 17.5 Å². The van der Waals surface area contributed by atoms with E-state index in [1.54, 1.807) is 0 Å². The summed E-state index contributed by atoms with van der Waals surface area (Å²) in [6.07, 6.45) is -3.32. The van der Waals surface area contributed by atoms with Crippen LogP contribution in [0.4, 0.5) is 13.2 Å². The molecule has 0 spiro atoms. The Kier molecular flexibility index (Phi) is 4.80. The fourth-order valence-electron chi connectivity index (χ4n) is 1.07. The van der Waals surface area contributed by atoms with E-state index < -0.39 is 17.8 Å². The van der Waals surface area contributed by atoms with Crippen LogP contribution in [0.3, 0.4) is 0 Å². The monoisotopic (exact) mass is 265 g/mol. The summed E-state index contributed by atoms with van der Waals surface area (Å²) < 4.78 is 42.0. The number of nitrogens with zero attached hydrogens (tertiary/aromatic N) is 1. The van der Waals surface area contributed by atoms with E-state index in [1.165, 1.54) is 19.2 Å². The van der Waals surface area contributed by atoms with Gasteiger partial charge in [-0.1, -0.05) is 0 Å². The molecule has 94 valence electrons. The molecule has 1 rings (SSSR count). The van der Waals surface area contributed by atoms with E-state index in [-0.39, 0.29) is 17.1 Å². The number of halogens is 3. The van der Waals surface area contributed by atoms with Crippen LogP contribution < -0.4 is 0 Å². The van der Waals surface area contributed by atoms with Gasteiger partial charge in [0, 0.05) is 16.8 Å². The number of aromatic nitrogens is 1. The molecule has 1 heterocycles. The Morgan fingerprint density at radius 1 is 1.53 bits per heavy atom. The number of pyridine rings is 1. The molecule has 0 aliphatic rings. The van der Waals surface area contributed by atoms with E-state index in [0.29, 0.717) is 0 Å². The zero-order valence-corrected chi connectivity index (χ0v) is 9.77. The van der Waals surface area contributed by atoms with Crippen LogP contribution >= 0.6 is 11.8 Å². The van der Waals surface area contributed by atoms with Crippen molar-refractivity contribution in [1.82, 2.24) is 4.98 Å². The first kappa shape index (κ1) is 13.8. The third-order valence-corrected chi connectivity index (χ3v) is 2.88. The minimum atomic E-state index is -4.48. The molecule has 0 amide bonds. The number of hydrogen-bond donors (Lipinski definition) is 0. The van der Waals surface area contributed by atoms with E-state index in [4.69, 9.17) is 0 Å². The molecule has 0 aliphatic heterocycles. The number of ether oxygens (including phenoxy) is 1. The Labute approximate surface area is 100 Å². The van der Waals surface area contributed by atoms with Gasteiger partial charge in [-0.2, -0.15) is 13.2 Å². The molecule has 0 atom stereocenters. The van der Waals surface area contributed by atoms with Crippen LogP contribution in [0.15, 0.2) is 23.2 Å². The van der Waals surface area contributed by atoms with Crippen LogP contribution in [0, 0.1) is 0 Å². The Bertz CT molecular complexity index is 395. The van der Waals surface area contributed by atoms with Gasteiger partial charge in [0.1, 0.15) is 0 Å². The maximum atomic E-state index is 12.5. The van der Waals surface area contributed by atoms with Crippen molar-refractivity contribution >= 4 is 17.7 Å².